The third kappa shape index (κ3) is 6.63. The van der Waals surface area contributed by atoms with Gasteiger partial charge in [-0.1, -0.05) is 24.6 Å². The smallest absolute Gasteiger partial charge is 0.238 e. The highest BCUT2D eigenvalue weighted by Crippen LogP contribution is 2.21. The fourth-order valence-corrected chi connectivity index (χ4v) is 3.49. The molecule has 0 radical (unpaired) electrons. The van der Waals surface area contributed by atoms with Crippen molar-refractivity contribution in [2.75, 3.05) is 44.6 Å². The number of rotatable bonds is 7. The van der Waals surface area contributed by atoms with Gasteiger partial charge in [0.15, 0.2) is 0 Å². The van der Waals surface area contributed by atoms with E-state index in [0.717, 1.165) is 49.4 Å². The molecule has 150 valence electrons. The summed E-state index contributed by atoms with van der Waals surface area (Å²) in [6.45, 7) is 14.2. The van der Waals surface area contributed by atoms with Crippen molar-refractivity contribution in [3.8, 4) is 0 Å². The van der Waals surface area contributed by atoms with Crippen molar-refractivity contribution in [1.82, 2.24) is 15.1 Å². The molecule has 1 heterocycles. The van der Waals surface area contributed by atoms with Crippen molar-refractivity contribution in [2.45, 2.75) is 47.1 Å². The maximum absolute atomic E-state index is 12.5. The van der Waals surface area contributed by atoms with E-state index in [1.165, 1.54) is 5.56 Å². The van der Waals surface area contributed by atoms with E-state index in [1.54, 1.807) is 0 Å². The zero-order valence-electron chi connectivity index (χ0n) is 17.4. The van der Waals surface area contributed by atoms with E-state index in [-0.39, 0.29) is 17.9 Å². The first-order valence-electron chi connectivity index (χ1n) is 9.90. The van der Waals surface area contributed by atoms with Gasteiger partial charge in [0.25, 0.3) is 0 Å². The van der Waals surface area contributed by atoms with Gasteiger partial charge >= 0.3 is 0 Å². The van der Waals surface area contributed by atoms with Gasteiger partial charge in [0.05, 0.1) is 13.1 Å². The highest BCUT2D eigenvalue weighted by atomic mass is 16.2. The minimum atomic E-state index is 0.0213. The summed E-state index contributed by atoms with van der Waals surface area (Å²) in [7, 11) is 0. The van der Waals surface area contributed by atoms with Crippen molar-refractivity contribution < 1.29 is 9.59 Å². The van der Waals surface area contributed by atoms with Gasteiger partial charge in [0.2, 0.25) is 11.8 Å². The lowest BCUT2D eigenvalue weighted by Crippen LogP contribution is -2.51. The molecule has 1 aliphatic heterocycles. The molecule has 0 aliphatic carbocycles. The maximum Gasteiger partial charge on any atom is 0.238 e. The van der Waals surface area contributed by atoms with Crippen LogP contribution in [0.1, 0.15) is 37.0 Å². The van der Waals surface area contributed by atoms with E-state index in [2.05, 4.69) is 46.4 Å². The number of benzene rings is 1. The Hall–Kier alpha value is -1.92. The normalized spacial score (nSPS) is 16.8. The van der Waals surface area contributed by atoms with Crippen LogP contribution in [-0.2, 0) is 9.59 Å². The minimum Gasteiger partial charge on any atom is -0.353 e. The molecule has 2 amide bonds. The Kier molecular flexibility index (Phi) is 7.80. The van der Waals surface area contributed by atoms with Crippen molar-refractivity contribution in [2.24, 2.45) is 0 Å². The molecular weight excluding hydrogens is 340 g/mol. The van der Waals surface area contributed by atoms with Crippen molar-refractivity contribution in [3.05, 3.63) is 28.8 Å². The van der Waals surface area contributed by atoms with Crippen LogP contribution in [0.25, 0.3) is 0 Å². The van der Waals surface area contributed by atoms with Crippen LogP contribution in [0.2, 0.25) is 0 Å². The number of hydrogen-bond acceptors (Lipinski definition) is 4. The molecule has 1 fully saturated rings. The highest BCUT2D eigenvalue weighted by Gasteiger charge is 2.21. The van der Waals surface area contributed by atoms with E-state index >= 15 is 0 Å². The standard InChI is InChI=1S/C21H34N4O2/c1-6-18(5)22-19(26)13-24-7-9-25(10-8-24)14-20(27)23-21-16(3)11-15(2)12-17(21)4/h11-12,18H,6-10,13-14H2,1-5H3,(H,22,26)(H,23,27)/t18-/m0/s1. The Balaban J connectivity index is 1.77. The second-order valence-electron chi connectivity index (χ2n) is 7.75. The second-order valence-corrected chi connectivity index (χ2v) is 7.75. The summed E-state index contributed by atoms with van der Waals surface area (Å²) in [5, 5.41) is 6.07. The average Bonchev–Trinajstić information content (AvgIpc) is 2.59. The summed E-state index contributed by atoms with van der Waals surface area (Å²) in [6, 6.07) is 4.40. The van der Waals surface area contributed by atoms with E-state index in [0.29, 0.717) is 13.1 Å². The monoisotopic (exact) mass is 374 g/mol. The number of carbonyl (C=O) groups excluding carboxylic acids is 2. The summed E-state index contributed by atoms with van der Waals surface area (Å²) >= 11 is 0. The summed E-state index contributed by atoms with van der Waals surface area (Å²) in [5.74, 6) is 0.105. The molecule has 0 spiro atoms. The lowest BCUT2D eigenvalue weighted by molar-refractivity contribution is -0.124. The Morgan fingerprint density at radius 1 is 0.963 bits per heavy atom. The predicted octanol–water partition coefficient (Wildman–Crippen LogP) is 2.08. The number of anilines is 1. The Morgan fingerprint density at radius 2 is 1.44 bits per heavy atom. The molecule has 1 aliphatic rings. The molecule has 1 saturated heterocycles. The van der Waals surface area contributed by atoms with Crippen molar-refractivity contribution >= 4 is 17.5 Å². The molecule has 6 heteroatoms. The van der Waals surface area contributed by atoms with E-state index in [4.69, 9.17) is 0 Å². The largest absolute Gasteiger partial charge is 0.353 e. The van der Waals surface area contributed by atoms with Crippen LogP contribution >= 0.6 is 0 Å². The topological polar surface area (TPSA) is 64.7 Å². The minimum absolute atomic E-state index is 0.0213. The van der Waals surface area contributed by atoms with Gasteiger partial charge in [0.1, 0.15) is 0 Å². The van der Waals surface area contributed by atoms with Crippen LogP contribution in [0.3, 0.4) is 0 Å². The van der Waals surface area contributed by atoms with Crippen LogP contribution < -0.4 is 10.6 Å². The van der Waals surface area contributed by atoms with Crippen molar-refractivity contribution in [1.29, 1.82) is 0 Å². The number of aryl methyl sites for hydroxylation is 3. The van der Waals surface area contributed by atoms with Gasteiger partial charge in [-0.25, -0.2) is 0 Å². The molecule has 2 rings (SSSR count). The first-order chi connectivity index (χ1) is 12.8. The number of nitrogens with one attached hydrogen (secondary N) is 2. The quantitative estimate of drug-likeness (QED) is 0.767. The van der Waals surface area contributed by atoms with Crippen molar-refractivity contribution in [3.63, 3.8) is 0 Å². The van der Waals surface area contributed by atoms with E-state index < -0.39 is 0 Å². The molecule has 6 nitrogen and oxygen atoms in total. The maximum atomic E-state index is 12.5. The first-order valence-corrected chi connectivity index (χ1v) is 9.90. The van der Waals surface area contributed by atoms with Crippen LogP contribution in [-0.4, -0.2) is 66.9 Å². The van der Waals surface area contributed by atoms with Crippen LogP contribution in [0.15, 0.2) is 12.1 Å². The third-order valence-corrected chi connectivity index (χ3v) is 5.16. The predicted molar refractivity (Wildman–Crippen MR) is 110 cm³/mol. The summed E-state index contributed by atoms with van der Waals surface area (Å²) in [5.41, 5.74) is 4.32. The lowest BCUT2D eigenvalue weighted by atomic mass is 10.1. The third-order valence-electron chi connectivity index (χ3n) is 5.16. The summed E-state index contributed by atoms with van der Waals surface area (Å²) in [4.78, 5) is 28.8. The summed E-state index contributed by atoms with van der Waals surface area (Å²) < 4.78 is 0. The van der Waals surface area contributed by atoms with E-state index in [1.807, 2.05) is 20.8 Å². The molecule has 1 aromatic rings. The first kappa shape index (κ1) is 21.4. The number of piperazine rings is 1. The average molecular weight is 375 g/mol. The molecule has 0 bridgehead atoms. The Bertz CT molecular complexity index is 643. The van der Waals surface area contributed by atoms with Gasteiger partial charge < -0.3 is 10.6 Å². The Morgan fingerprint density at radius 3 is 1.93 bits per heavy atom. The molecule has 0 aromatic heterocycles. The molecular formula is C21H34N4O2. The van der Waals surface area contributed by atoms with Crippen LogP contribution in [0, 0.1) is 20.8 Å². The zero-order chi connectivity index (χ0) is 20.0. The molecule has 1 aromatic carbocycles. The highest BCUT2D eigenvalue weighted by molar-refractivity contribution is 5.93. The summed E-state index contributed by atoms with van der Waals surface area (Å²) in [6.07, 6.45) is 0.939. The van der Waals surface area contributed by atoms with Gasteiger partial charge in [0, 0.05) is 37.9 Å². The number of hydrogen-bond donors (Lipinski definition) is 2. The van der Waals surface area contributed by atoms with Crippen LogP contribution in [0.5, 0.6) is 0 Å². The van der Waals surface area contributed by atoms with Gasteiger partial charge in [-0.2, -0.15) is 0 Å². The number of amides is 2. The second kappa shape index (κ2) is 9.85. The molecule has 2 N–H and O–H groups in total. The lowest BCUT2D eigenvalue weighted by Gasteiger charge is -2.34. The zero-order valence-corrected chi connectivity index (χ0v) is 17.4. The van der Waals surface area contributed by atoms with E-state index in [9.17, 15) is 9.59 Å². The fourth-order valence-electron chi connectivity index (χ4n) is 3.49. The fraction of sp³-hybridized carbons (Fsp3) is 0.619. The van der Waals surface area contributed by atoms with Gasteiger partial charge in [-0.05, 0) is 45.2 Å². The molecule has 1 atom stereocenters. The molecule has 27 heavy (non-hydrogen) atoms. The Labute approximate surface area is 163 Å². The SMILES string of the molecule is CC[C@H](C)NC(=O)CN1CCN(CC(=O)Nc2c(C)cc(C)cc2C)CC1. The number of carbonyl (C=O) groups is 2. The van der Waals surface area contributed by atoms with Crippen LogP contribution in [0.4, 0.5) is 5.69 Å². The number of nitrogens with zero attached hydrogens (tertiary/aromatic N) is 2. The molecule has 0 unspecified atom stereocenters. The van der Waals surface area contributed by atoms with Gasteiger partial charge in [-0.3, -0.25) is 19.4 Å². The molecule has 0 saturated carbocycles. The van der Waals surface area contributed by atoms with Gasteiger partial charge in [-0.15, -0.1) is 0 Å².